The number of aldehydes is 1. The molecule has 1 N–H and O–H groups in total. The van der Waals surface area contributed by atoms with Crippen molar-refractivity contribution in [3.05, 3.63) is 23.3 Å². The summed E-state index contributed by atoms with van der Waals surface area (Å²) in [5.41, 5.74) is 1.48. The SMILES string of the molecule is CC/C(C)=C/CC(C)[C@@]1(C)CC[C@H](O)[C@@]2(C)[C@H](C=O)C(C(C)=O)=CC[C@@H]21. The molecule has 146 valence electrons. The van der Waals surface area contributed by atoms with E-state index < -0.39 is 17.4 Å². The standard InChI is InChI=1S/C23H36O3/c1-7-15(2)8-9-16(3)22(5)13-12-21(26)23(6)19(14-24)18(17(4)25)10-11-20(22)23/h8,10,14,16,19-21,26H,7,9,11-13H2,1-6H3/b15-8+/t16?,19-,20-,21+,22-,23+/m1/s1. The van der Waals surface area contributed by atoms with Crippen LogP contribution >= 0.6 is 0 Å². The molecule has 0 heterocycles. The molecule has 0 amide bonds. The predicted octanol–water partition coefficient (Wildman–Crippen LogP) is 4.89. The number of Topliss-reactive ketones (excluding diaryl/α,β-unsaturated/α-hetero) is 1. The first kappa shape index (κ1) is 21.1. The highest BCUT2D eigenvalue weighted by Crippen LogP contribution is 2.62. The van der Waals surface area contributed by atoms with Gasteiger partial charge in [0.05, 0.1) is 12.0 Å². The van der Waals surface area contributed by atoms with Crippen molar-refractivity contribution >= 4 is 12.1 Å². The Bertz CT molecular complexity index is 617. The van der Waals surface area contributed by atoms with Crippen LogP contribution in [-0.2, 0) is 9.59 Å². The quantitative estimate of drug-likeness (QED) is 0.542. The first-order valence-electron chi connectivity index (χ1n) is 10.1. The zero-order valence-electron chi connectivity index (χ0n) is 17.3. The van der Waals surface area contributed by atoms with Crippen molar-refractivity contribution in [3.63, 3.8) is 0 Å². The molecule has 0 saturated heterocycles. The molecule has 0 aromatic rings. The van der Waals surface area contributed by atoms with E-state index in [-0.39, 0.29) is 17.1 Å². The molecule has 0 bridgehead atoms. The zero-order chi connectivity index (χ0) is 19.7. The molecule has 26 heavy (non-hydrogen) atoms. The minimum absolute atomic E-state index is 0.0403. The number of rotatable bonds is 6. The van der Waals surface area contributed by atoms with Crippen LogP contribution in [0.1, 0.15) is 73.6 Å². The van der Waals surface area contributed by atoms with Crippen molar-refractivity contribution < 1.29 is 14.7 Å². The molecule has 0 aliphatic heterocycles. The number of hydrogen-bond acceptors (Lipinski definition) is 3. The number of aliphatic hydroxyl groups excluding tert-OH is 1. The highest BCUT2D eigenvalue weighted by atomic mass is 16.3. The molecular formula is C23H36O3. The van der Waals surface area contributed by atoms with Gasteiger partial charge < -0.3 is 9.90 Å². The summed E-state index contributed by atoms with van der Waals surface area (Å²) in [5.74, 6) is 0.104. The number of hydrogen-bond donors (Lipinski definition) is 1. The van der Waals surface area contributed by atoms with Crippen molar-refractivity contribution in [2.75, 3.05) is 0 Å². The Balaban J connectivity index is 2.44. The molecule has 0 aromatic carbocycles. The third-order valence-corrected chi connectivity index (χ3v) is 7.85. The van der Waals surface area contributed by atoms with Gasteiger partial charge in [-0.2, -0.15) is 0 Å². The van der Waals surface area contributed by atoms with Gasteiger partial charge in [0.2, 0.25) is 0 Å². The highest BCUT2D eigenvalue weighted by molar-refractivity contribution is 5.97. The van der Waals surface area contributed by atoms with Crippen LogP contribution in [0, 0.1) is 28.6 Å². The van der Waals surface area contributed by atoms with Gasteiger partial charge in [0.15, 0.2) is 5.78 Å². The lowest BCUT2D eigenvalue weighted by Gasteiger charge is -2.60. The molecule has 3 nitrogen and oxygen atoms in total. The summed E-state index contributed by atoms with van der Waals surface area (Å²) in [6.07, 6.45) is 9.20. The minimum atomic E-state index is -0.567. The van der Waals surface area contributed by atoms with Gasteiger partial charge in [-0.3, -0.25) is 4.79 Å². The molecule has 0 radical (unpaired) electrons. The molecular weight excluding hydrogens is 324 g/mol. The first-order chi connectivity index (χ1) is 12.1. The van der Waals surface area contributed by atoms with Crippen molar-refractivity contribution in [1.82, 2.24) is 0 Å². The van der Waals surface area contributed by atoms with Gasteiger partial charge in [-0.25, -0.2) is 0 Å². The van der Waals surface area contributed by atoms with Crippen LogP contribution in [0.2, 0.25) is 0 Å². The third kappa shape index (κ3) is 3.35. The van der Waals surface area contributed by atoms with E-state index in [2.05, 4.69) is 33.8 Å². The topological polar surface area (TPSA) is 54.4 Å². The van der Waals surface area contributed by atoms with Crippen LogP contribution in [0.5, 0.6) is 0 Å². The van der Waals surface area contributed by atoms with E-state index in [4.69, 9.17) is 0 Å². The van der Waals surface area contributed by atoms with E-state index in [1.165, 1.54) is 12.5 Å². The third-order valence-electron chi connectivity index (χ3n) is 7.85. The Hall–Kier alpha value is -1.22. The molecule has 1 saturated carbocycles. The second-order valence-corrected chi connectivity index (χ2v) is 9.08. The van der Waals surface area contributed by atoms with E-state index in [1.54, 1.807) is 0 Å². The smallest absolute Gasteiger partial charge is 0.156 e. The van der Waals surface area contributed by atoms with Crippen molar-refractivity contribution in [2.24, 2.45) is 28.6 Å². The van der Waals surface area contributed by atoms with E-state index in [0.29, 0.717) is 17.9 Å². The number of ketones is 1. The fraction of sp³-hybridized carbons (Fsp3) is 0.739. The van der Waals surface area contributed by atoms with Crippen LogP contribution in [0.3, 0.4) is 0 Å². The van der Waals surface area contributed by atoms with E-state index >= 15 is 0 Å². The Morgan fingerprint density at radius 3 is 2.58 bits per heavy atom. The highest BCUT2D eigenvalue weighted by Gasteiger charge is 2.59. The van der Waals surface area contributed by atoms with Crippen molar-refractivity contribution in [1.29, 1.82) is 0 Å². The number of fused-ring (bicyclic) bond motifs is 1. The lowest BCUT2D eigenvalue weighted by molar-refractivity contribution is -0.156. The van der Waals surface area contributed by atoms with Gasteiger partial charge in [0.1, 0.15) is 6.29 Å². The van der Waals surface area contributed by atoms with E-state index in [0.717, 1.165) is 32.0 Å². The van der Waals surface area contributed by atoms with E-state index in [1.807, 2.05) is 13.0 Å². The summed E-state index contributed by atoms with van der Waals surface area (Å²) in [4.78, 5) is 24.1. The fourth-order valence-corrected chi connectivity index (χ4v) is 5.49. The molecule has 0 spiro atoms. The summed E-state index contributed by atoms with van der Waals surface area (Å²) in [7, 11) is 0. The minimum Gasteiger partial charge on any atom is -0.393 e. The van der Waals surface area contributed by atoms with Crippen LogP contribution in [0.25, 0.3) is 0 Å². The normalized spacial score (nSPS) is 39.0. The Morgan fingerprint density at radius 2 is 2.04 bits per heavy atom. The molecule has 1 unspecified atom stereocenters. The van der Waals surface area contributed by atoms with Gasteiger partial charge >= 0.3 is 0 Å². The number of allylic oxidation sites excluding steroid dienone is 4. The molecule has 2 aliphatic carbocycles. The summed E-state index contributed by atoms with van der Waals surface area (Å²) in [6.45, 7) is 12.6. The molecule has 1 fully saturated rings. The van der Waals surface area contributed by atoms with Gasteiger partial charge in [0, 0.05) is 11.0 Å². The van der Waals surface area contributed by atoms with Crippen LogP contribution < -0.4 is 0 Å². The number of aliphatic hydroxyl groups is 1. The summed E-state index contributed by atoms with van der Waals surface area (Å²) in [5, 5.41) is 10.9. The van der Waals surface area contributed by atoms with Crippen molar-refractivity contribution in [3.8, 4) is 0 Å². The van der Waals surface area contributed by atoms with Crippen LogP contribution in [0.4, 0.5) is 0 Å². The monoisotopic (exact) mass is 360 g/mol. The average Bonchev–Trinajstić information content (AvgIpc) is 2.61. The zero-order valence-corrected chi connectivity index (χ0v) is 17.3. The molecule has 2 rings (SSSR count). The number of carbonyl (C=O) groups excluding carboxylic acids is 2. The summed E-state index contributed by atoms with van der Waals surface area (Å²) < 4.78 is 0. The predicted molar refractivity (Wildman–Crippen MR) is 106 cm³/mol. The van der Waals surface area contributed by atoms with Gasteiger partial charge in [-0.1, -0.05) is 45.4 Å². The van der Waals surface area contributed by atoms with Crippen molar-refractivity contribution in [2.45, 2.75) is 79.8 Å². The second-order valence-electron chi connectivity index (χ2n) is 9.08. The van der Waals surface area contributed by atoms with Gasteiger partial charge in [0.25, 0.3) is 0 Å². The Kier molecular flexibility index (Phi) is 6.32. The molecule has 2 aliphatic rings. The lowest BCUT2D eigenvalue weighted by atomic mass is 9.44. The largest absolute Gasteiger partial charge is 0.393 e. The van der Waals surface area contributed by atoms with E-state index in [9.17, 15) is 14.7 Å². The van der Waals surface area contributed by atoms with Gasteiger partial charge in [-0.15, -0.1) is 0 Å². The Labute approximate surface area is 158 Å². The lowest BCUT2D eigenvalue weighted by Crippen LogP contribution is -2.59. The Morgan fingerprint density at radius 1 is 1.38 bits per heavy atom. The molecule has 3 heteroatoms. The van der Waals surface area contributed by atoms with Crippen LogP contribution in [0.15, 0.2) is 23.3 Å². The first-order valence-corrected chi connectivity index (χ1v) is 10.1. The van der Waals surface area contributed by atoms with Gasteiger partial charge in [-0.05, 0) is 63.2 Å². The summed E-state index contributed by atoms with van der Waals surface area (Å²) >= 11 is 0. The maximum Gasteiger partial charge on any atom is 0.156 e. The maximum absolute atomic E-state index is 12.1. The molecule has 0 aromatic heterocycles. The average molecular weight is 361 g/mol. The fourth-order valence-electron chi connectivity index (χ4n) is 5.49. The summed E-state index contributed by atoms with van der Waals surface area (Å²) in [6, 6.07) is 0. The number of carbonyl (C=O) groups is 2. The molecule has 6 atom stereocenters. The van der Waals surface area contributed by atoms with Crippen LogP contribution in [-0.4, -0.2) is 23.3 Å². The maximum atomic E-state index is 12.1. The second kappa shape index (κ2) is 7.80.